The molecule has 0 spiro atoms. The third-order valence-corrected chi connectivity index (χ3v) is 3.69. The molecule has 0 aliphatic carbocycles. The number of rotatable bonds is 4. The van der Waals surface area contributed by atoms with Crippen LogP contribution in [0.2, 0.25) is 0 Å². The van der Waals surface area contributed by atoms with Crippen LogP contribution in [-0.2, 0) is 20.6 Å². The number of nitrogens with one attached hydrogen (secondary N) is 1. The summed E-state index contributed by atoms with van der Waals surface area (Å²) in [6, 6.07) is 7.88. The lowest BCUT2D eigenvalue weighted by atomic mass is 10.2. The summed E-state index contributed by atoms with van der Waals surface area (Å²) in [4.78, 5) is 14.9. The first-order valence-electron chi connectivity index (χ1n) is 5.35. The zero-order valence-electron chi connectivity index (χ0n) is 9.48. The number of hydrogen-bond donors (Lipinski definition) is 1. The van der Waals surface area contributed by atoms with Gasteiger partial charge in [-0.1, -0.05) is 36.4 Å². The predicted octanol–water partition coefficient (Wildman–Crippen LogP) is 0.642. The molecule has 0 bridgehead atoms. The standard InChI is InChI=1S/C12H12N2O3S/c15-12-11(7-4-8-13-12)14-18(16,17)9-10-5-2-1-3-6-10/h1-8,11,14H,9H2. The van der Waals surface area contributed by atoms with Crippen molar-refractivity contribution in [1.82, 2.24) is 4.72 Å². The van der Waals surface area contributed by atoms with E-state index in [0.717, 1.165) is 0 Å². The van der Waals surface area contributed by atoms with E-state index in [2.05, 4.69) is 9.71 Å². The first kappa shape index (κ1) is 12.7. The second-order valence-corrected chi connectivity index (χ2v) is 5.60. The summed E-state index contributed by atoms with van der Waals surface area (Å²) in [7, 11) is -3.56. The summed E-state index contributed by atoms with van der Waals surface area (Å²) >= 11 is 0. The Kier molecular flexibility index (Phi) is 3.69. The van der Waals surface area contributed by atoms with Crippen LogP contribution >= 0.6 is 0 Å². The largest absolute Gasteiger partial charge is 0.270 e. The van der Waals surface area contributed by atoms with Crippen LogP contribution in [0, 0.1) is 0 Å². The number of sulfonamides is 1. The van der Waals surface area contributed by atoms with Gasteiger partial charge in [0.1, 0.15) is 6.04 Å². The first-order chi connectivity index (χ1) is 8.57. The van der Waals surface area contributed by atoms with E-state index in [1.165, 1.54) is 18.4 Å². The van der Waals surface area contributed by atoms with Gasteiger partial charge in [0, 0.05) is 6.21 Å². The maximum atomic E-state index is 11.9. The summed E-state index contributed by atoms with van der Waals surface area (Å²) in [5, 5.41) is 0. The number of dihydropyridines is 1. The molecule has 18 heavy (non-hydrogen) atoms. The molecule has 0 radical (unpaired) electrons. The topological polar surface area (TPSA) is 75.6 Å². The van der Waals surface area contributed by atoms with Crippen LogP contribution in [0.1, 0.15) is 5.56 Å². The highest BCUT2D eigenvalue weighted by molar-refractivity contribution is 7.88. The number of carbonyl (C=O) groups is 1. The van der Waals surface area contributed by atoms with E-state index < -0.39 is 22.0 Å². The van der Waals surface area contributed by atoms with E-state index in [-0.39, 0.29) is 5.75 Å². The lowest BCUT2D eigenvalue weighted by molar-refractivity contribution is -0.118. The van der Waals surface area contributed by atoms with Crippen LogP contribution in [0.25, 0.3) is 0 Å². The molecule has 2 rings (SSSR count). The Hall–Kier alpha value is -1.79. The lowest BCUT2D eigenvalue weighted by Crippen LogP contribution is -2.40. The number of carbonyl (C=O) groups excluding carboxylic acids is 1. The van der Waals surface area contributed by atoms with Crippen molar-refractivity contribution < 1.29 is 13.2 Å². The van der Waals surface area contributed by atoms with Crippen molar-refractivity contribution in [2.75, 3.05) is 0 Å². The molecule has 1 amide bonds. The molecular weight excluding hydrogens is 252 g/mol. The van der Waals surface area contributed by atoms with Gasteiger partial charge in [-0.15, -0.1) is 0 Å². The van der Waals surface area contributed by atoms with Gasteiger partial charge in [-0.2, -0.15) is 4.72 Å². The SMILES string of the molecule is O=C1N=CC=CC1NS(=O)(=O)Cc1ccccc1. The minimum atomic E-state index is -3.56. The second kappa shape index (κ2) is 5.24. The minimum absolute atomic E-state index is 0.158. The predicted molar refractivity (Wildman–Crippen MR) is 68.6 cm³/mol. The van der Waals surface area contributed by atoms with Crippen LogP contribution in [0.15, 0.2) is 47.5 Å². The van der Waals surface area contributed by atoms with Crippen molar-refractivity contribution in [1.29, 1.82) is 0 Å². The van der Waals surface area contributed by atoms with Crippen LogP contribution in [0.3, 0.4) is 0 Å². The highest BCUT2D eigenvalue weighted by atomic mass is 32.2. The summed E-state index contributed by atoms with van der Waals surface area (Å²) < 4.78 is 26.0. The van der Waals surface area contributed by atoms with Crippen LogP contribution in [0.5, 0.6) is 0 Å². The molecule has 1 atom stereocenters. The maximum absolute atomic E-state index is 11.9. The highest BCUT2D eigenvalue weighted by Crippen LogP contribution is 2.06. The maximum Gasteiger partial charge on any atom is 0.267 e. The Morgan fingerprint density at radius 1 is 1.22 bits per heavy atom. The third kappa shape index (κ3) is 3.35. The van der Waals surface area contributed by atoms with Gasteiger partial charge in [-0.3, -0.25) is 4.79 Å². The number of hydrogen-bond acceptors (Lipinski definition) is 3. The molecule has 1 unspecified atom stereocenters. The molecule has 0 fully saturated rings. The van der Waals surface area contributed by atoms with E-state index in [4.69, 9.17) is 0 Å². The fourth-order valence-corrected chi connectivity index (χ4v) is 2.84. The quantitative estimate of drug-likeness (QED) is 0.867. The average molecular weight is 264 g/mol. The van der Waals surface area contributed by atoms with Crippen LogP contribution in [0.4, 0.5) is 0 Å². The van der Waals surface area contributed by atoms with Crippen molar-refractivity contribution in [3.8, 4) is 0 Å². The molecule has 1 aromatic rings. The minimum Gasteiger partial charge on any atom is -0.270 e. The van der Waals surface area contributed by atoms with Crippen molar-refractivity contribution in [3.05, 3.63) is 48.0 Å². The summed E-state index contributed by atoms with van der Waals surface area (Å²) in [5.74, 6) is -0.663. The van der Waals surface area contributed by atoms with E-state index in [0.29, 0.717) is 5.56 Å². The molecule has 0 saturated carbocycles. The summed E-state index contributed by atoms with van der Waals surface area (Å²) in [5.41, 5.74) is 0.667. The molecule has 1 aliphatic rings. The van der Waals surface area contributed by atoms with E-state index in [1.807, 2.05) is 6.07 Å². The molecule has 0 aromatic heterocycles. The molecular formula is C12H12N2O3S. The Bertz CT molecular complexity index is 591. The monoisotopic (exact) mass is 264 g/mol. The number of nitrogens with zero attached hydrogens (tertiary/aromatic N) is 1. The zero-order chi connectivity index (χ0) is 13.0. The molecule has 1 aromatic carbocycles. The van der Waals surface area contributed by atoms with Gasteiger partial charge in [-0.05, 0) is 11.6 Å². The fraction of sp³-hybridized carbons (Fsp3) is 0.167. The molecule has 1 aliphatic heterocycles. The van der Waals surface area contributed by atoms with Crippen molar-refractivity contribution in [2.24, 2.45) is 4.99 Å². The van der Waals surface area contributed by atoms with E-state index in [9.17, 15) is 13.2 Å². The van der Waals surface area contributed by atoms with Crippen molar-refractivity contribution in [2.45, 2.75) is 11.8 Å². The van der Waals surface area contributed by atoms with E-state index >= 15 is 0 Å². The molecule has 94 valence electrons. The summed E-state index contributed by atoms with van der Waals surface area (Å²) in [6.07, 6.45) is 4.35. The number of amides is 1. The Morgan fingerprint density at radius 2 is 1.94 bits per heavy atom. The van der Waals surface area contributed by atoms with Gasteiger partial charge in [0.25, 0.3) is 5.91 Å². The number of benzene rings is 1. The molecule has 6 heteroatoms. The van der Waals surface area contributed by atoms with Gasteiger partial charge in [0.05, 0.1) is 5.75 Å². The summed E-state index contributed by atoms with van der Waals surface area (Å²) in [6.45, 7) is 0. The third-order valence-electron chi connectivity index (χ3n) is 2.36. The molecule has 0 saturated heterocycles. The molecule has 5 nitrogen and oxygen atoms in total. The Morgan fingerprint density at radius 3 is 2.61 bits per heavy atom. The zero-order valence-corrected chi connectivity index (χ0v) is 10.3. The molecule has 1 N–H and O–H groups in total. The number of aliphatic imine (C=N–C) groups is 1. The second-order valence-electron chi connectivity index (χ2n) is 3.84. The number of allylic oxidation sites excluding steroid dienone is 1. The van der Waals surface area contributed by atoms with Crippen LogP contribution in [-0.4, -0.2) is 26.6 Å². The van der Waals surface area contributed by atoms with Gasteiger partial charge in [-0.25, -0.2) is 13.4 Å². The Balaban J connectivity index is 2.06. The smallest absolute Gasteiger partial charge is 0.267 e. The Labute approximate surface area is 105 Å². The van der Waals surface area contributed by atoms with Gasteiger partial charge < -0.3 is 0 Å². The normalized spacial score (nSPS) is 19.1. The van der Waals surface area contributed by atoms with Gasteiger partial charge in [0.15, 0.2) is 0 Å². The first-order valence-corrected chi connectivity index (χ1v) is 7.01. The van der Waals surface area contributed by atoms with Gasteiger partial charge in [0.2, 0.25) is 10.0 Å². The van der Waals surface area contributed by atoms with Gasteiger partial charge >= 0.3 is 0 Å². The fourth-order valence-electron chi connectivity index (χ4n) is 1.56. The van der Waals surface area contributed by atoms with Crippen LogP contribution < -0.4 is 4.72 Å². The van der Waals surface area contributed by atoms with Crippen molar-refractivity contribution >= 4 is 22.1 Å². The molecule has 1 heterocycles. The lowest BCUT2D eigenvalue weighted by Gasteiger charge is -2.13. The average Bonchev–Trinajstić information content (AvgIpc) is 2.32. The highest BCUT2D eigenvalue weighted by Gasteiger charge is 2.22. The van der Waals surface area contributed by atoms with E-state index in [1.54, 1.807) is 24.3 Å². The van der Waals surface area contributed by atoms with Crippen molar-refractivity contribution in [3.63, 3.8) is 0 Å².